The number of likely N-dealkylation sites (tertiary alicyclic amines) is 1. The molecule has 3 heterocycles. The summed E-state index contributed by atoms with van der Waals surface area (Å²) in [6.45, 7) is 0.551. The standard InChI is InChI=1S/C16H17N3O4S2/c17-14(21)10-3-5-18(6-4-10)13(20)9-19-15(22)12(25-16(19)23)8-11-2-1-7-24-11/h1-2,7-8,10H,3-6,9H2,(H2,17,21)/b12-8-. The largest absolute Gasteiger partial charge is 0.369 e. The van der Waals surface area contributed by atoms with E-state index in [-0.39, 0.29) is 24.3 Å². The van der Waals surface area contributed by atoms with Crippen LogP contribution in [0.1, 0.15) is 17.7 Å². The molecule has 2 saturated heterocycles. The summed E-state index contributed by atoms with van der Waals surface area (Å²) in [6.07, 6.45) is 2.70. The Bertz CT molecular complexity index is 737. The molecule has 0 unspecified atom stereocenters. The molecule has 0 atom stereocenters. The molecule has 1 aromatic rings. The Labute approximate surface area is 152 Å². The van der Waals surface area contributed by atoms with Gasteiger partial charge in [-0.25, -0.2) is 0 Å². The van der Waals surface area contributed by atoms with Gasteiger partial charge in [0.15, 0.2) is 0 Å². The van der Waals surface area contributed by atoms with E-state index in [9.17, 15) is 19.2 Å². The fourth-order valence-electron chi connectivity index (χ4n) is 2.79. The van der Waals surface area contributed by atoms with E-state index >= 15 is 0 Å². The third-order valence-electron chi connectivity index (χ3n) is 4.23. The first-order valence-electron chi connectivity index (χ1n) is 7.81. The van der Waals surface area contributed by atoms with Crippen molar-refractivity contribution in [2.24, 2.45) is 11.7 Å². The second-order valence-electron chi connectivity index (χ2n) is 5.84. The zero-order valence-corrected chi connectivity index (χ0v) is 15.0. The third kappa shape index (κ3) is 3.93. The third-order valence-corrected chi connectivity index (χ3v) is 5.96. The normalized spacial score (nSPS) is 20.6. The molecule has 1 aromatic heterocycles. The van der Waals surface area contributed by atoms with E-state index in [4.69, 9.17) is 5.73 Å². The highest BCUT2D eigenvalue weighted by Gasteiger charge is 2.37. The molecule has 3 rings (SSSR count). The van der Waals surface area contributed by atoms with Crippen LogP contribution in [0.15, 0.2) is 22.4 Å². The van der Waals surface area contributed by atoms with Crippen LogP contribution < -0.4 is 5.73 Å². The number of thioether (sulfide) groups is 1. The van der Waals surface area contributed by atoms with Crippen LogP contribution in [-0.2, 0) is 14.4 Å². The van der Waals surface area contributed by atoms with Crippen molar-refractivity contribution in [2.75, 3.05) is 19.6 Å². The van der Waals surface area contributed by atoms with E-state index in [0.717, 1.165) is 21.5 Å². The Morgan fingerprint density at radius 2 is 2.00 bits per heavy atom. The summed E-state index contributed by atoms with van der Waals surface area (Å²) in [5.41, 5.74) is 5.28. The molecule has 0 aliphatic carbocycles. The molecular formula is C16H17N3O4S2. The molecule has 132 valence electrons. The summed E-state index contributed by atoms with van der Waals surface area (Å²) >= 11 is 2.31. The van der Waals surface area contributed by atoms with Crippen LogP contribution in [0.25, 0.3) is 6.08 Å². The Hall–Kier alpha value is -2.13. The minimum Gasteiger partial charge on any atom is -0.369 e. The number of hydrogen-bond donors (Lipinski definition) is 1. The Morgan fingerprint density at radius 1 is 1.28 bits per heavy atom. The number of rotatable bonds is 4. The topological polar surface area (TPSA) is 101 Å². The number of amides is 4. The van der Waals surface area contributed by atoms with Gasteiger partial charge in [0, 0.05) is 23.9 Å². The molecule has 0 aromatic carbocycles. The number of nitrogens with two attached hydrogens (primary N) is 1. The molecule has 0 spiro atoms. The molecule has 2 N–H and O–H groups in total. The van der Waals surface area contributed by atoms with Gasteiger partial charge in [0.1, 0.15) is 6.54 Å². The van der Waals surface area contributed by atoms with E-state index < -0.39 is 11.1 Å². The first-order chi connectivity index (χ1) is 12.0. The summed E-state index contributed by atoms with van der Waals surface area (Å²) in [7, 11) is 0. The minimum absolute atomic E-state index is 0.213. The molecule has 0 bridgehead atoms. The van der Waals surface area contributed by atoms with Gasteiger partial charge in [0.05, 0.1) is 4.91 Å². The molecule has 2 aliphatic rings. The average molecular weight is 379 g/mol. The molecule has 4 amide bonds. The van der Waals surface area contributed by atoms with Gasteiger partial charge >= 0.3 is 0 Å². The Balaban J connectivity index is 1.61. The second-order valence-corrected chi connectivity index (χ2v) is 7.81. The molecule has 7 nitrogen and oxygen atoms in total. The van der Waals surface area contributed by atoms with E-state index in [0.29, 0.717) is 30.8 Å². The molecule has 25 heavy (non-hydrogen) atoms. The van der Waals surface area contributed by atoms with Gasteiger partial charge < -0.3 is 10.6 Å². The lowest BCUT2D eigenvalue weighted by atomic mass is 9.96. The van der Waals surface area contributed by atoms with Crippen LogP contribution in [0.4, 0.5) is 4.79 Å². The van der Waals surface area contributed by atoms with Crippen molar-refractivity contribution in [1.29, 1.82) is 0 Å². The average Bonchev–Trinajstić information content (AvgIpc) is 3.19. The predicted molar refractivity (Wildman–Crippen MR) is 95.5 cm³/mol. The summed E-state index contributed by atoms with van der Waals surface area (Å²) < 4.78 is 0. The summed E-state index contributed by atoms with van der Waals surface area (Å²) in [5, 5.41) is 1.45. The lowest BCUT2D eigenvalue weighted by Crippen LogP contribution is -2.46. The number of imide groups is 1. The first-order valence-corrected chi connectivity index (χ1v) is 9.51. The Kier molecular flexibility index (Phi) is 5.24. The SMILES string of the molecule is NC(=O)C1CCN(C(=O)CN2C(=O)S/C(=C\c3cccs3)C2=O)CC1. The highest BCUT2D eigenvalue weighted by atomic mass is 32.2. The highest BCUT2D eigenvalue weighted by Crippen LogP contribution is 2.33. The molecule has 0 radical (unpaired) electrons. The second kappa shape index (κ2) is 7.40. The highest BCUT2D eigenvalue weighted by molar-refractivity contribution is 8.18. The molecule has 2 fully saturated rings. The number of carbonyl (C=O) groups is 4. The van der Waals surface area contributed by atoms with Crippen LogP contribution in [0.2, 0.25) is 0 Å². The van der Waals surface area contributed by atoms with Crippen molar-refractivity contribution in [1.82, 2.24) is 9.80 Å². The number of thiophene rings is 1. The van der Waals surface area contributed by atoms with Gasteiger partial charge in [-0.1, -0.05) is 6.07 Å². The number of hydrogen-bond acceptors (Lipinski definition) is 6. The lowest BCUT2D eigenvalue weighted by Gasteiger charge is -2.31. The first kappa shape index (κ1) is 17.7. The van der Waals surface area contributed by atoms with Crippen molar-refractivity contribution < 1.29 is 19.2 Å². The summed E-state index contributed by atoms with van der Waals surface area (Å²) in [6, 6.07) is 3.71. The molecule has 0 saturated carbocycles. The van der Waals surface area contributed by atoms with Gasteiger partial charge in [0.2, 0.25) is 11.8 Å². The van der Waals surface area contributed by atoms with Gasteiger partial charge in [0.25, 0.3) is 11.1 Å². The van der Waals surface area contributed by atoms with Gasteiger partial charge in [-0.2, -0.15) is 0 Å². The van der Waals surface area contributed by atoms with Crippen molar-refractivity contribution in [3.63, 3.8) is 0 Å². The quantitative estimate of drug-likeness (QED) is 0.799. The maximum absolute atomic E-state index is 12.4. The van der Waals surface area contributed by atoms with Crippen molar-refractivity contribution in [3.8, 4) is 0 Å². The monoisotopic (exact) mass is 379 g/mol. The summed E-state index contributed by atoms with van der Waals surface area (Å²) in [5.74, 6) is -1.29. The van der Waals surface area contributed by atoms with Crippen molar-refractivity contribution in [2.45, 2.75) is 12.8 Å². The van der Waals surface area contributed by atoms with Crippen LogP contribution in [-0.4, -0.2) is 52.4 Å². The van der Waals surface area contributed by atoms with Gasteiger partial charge in [-0.3, -0.25) is 24.1 Å². The maximum Gasteiger partial charge on any atom is 0.294 e. The zero-order chi connectivity index (χ0) is 18.0. The van der Waals surface area contributed by atoms with E-state index in [1.165, 1.54) is 11.3 Å². The van der Waals surface area contributed by atoms with Crippen LogP contribution >= 0.6 is 23.1 Å². The lowest BCUT2D eigenvalue weighted by molar-refractivity contribution is -0.138. The van der Waals surface area contributed by atoms with Crippen LogP contribution in [0, 0.1) is 5.92 Å². The number of primary amides is 1. The van der Waals surface area contributed by atoms with E-state index in [2.05, 4.69) is 0 Å². The van der Waals surface area contributed by atoms with Gasteiger partial charge in [-0.15, -0.1) is 11.3 Å². The predicted octanol–water partition coefficient (Wildman–Crippen LogP) is 1.51. The number of nitrogens with zero attached hydrogens (tertiary/aromatic N) is 2. The zero-order valence-electron chi connectivity index (χ0n) is 13.3. The minimum atomic E-state index is -0.441. The molecule has 2 aliphatic heterocycles. The van der Waals surface area contributed by atoms with E-state index in [1.807, 2.05) is 17.5 Å². The maximum atomic E-state index is 12.4. The fourth-order valence-corrected chi connectivity index (χ4v) is 4.35. The molecule has 9 heteroatoms. The fraction of sp³-hybridized carbons (Fsp3) is 0.375. The van der Waals surface area contributed by atoms with Gasteiger partial charge in [-0.05, 0) is 42.1 Å². The van der Waals surface area contributed by atoms with Crippen LogP contribution in [0.5, 0.6) is 0 Å². The number of piperidine rings is 1. The van der Waals surface area contributed by atoms with Crippen LogP contribution in [0.3, 0.4) is 0 Å². The Morgan fingerprint density at radius 3 is 2.60 bits per heavy atom. The van der Waals surface area contributed by atoms with E-state index in [1.54, 1.807) is 11.0 Å². The summed E-state index contributed by atoms with van der Waals surface area (Å²) in [4.78, 5) is 51.8. The molecular weight excluding hydrogens is 362 g/mol. The van der Waals surface area contributed by atoms with Crippen molar-refractivity contribution >= 4 is 52.1 Å². The smallest absolute Gasteiger partial charge is 0.294 e. The number of carbonyl (C=O) groups excluding carboxylic acids is 4. The van der Waals surface area contributed by atoms with Crippen molar-refractivity contribution in [3.05, 3.63) is 27.3 Å².